The number of hydrogen-bond acceptors (Lipinski definition) is 4. The first-order valence-electron chi connectivity index (χ1n) is 8.13. The smallest absolute Gasteiger partial charge is 0.219 e. The third kappa shape index (κ3) is 5.30. The molecule has 1 aliphatic rings. The van der Waals surface area contributed by atoms with Crippen molar-refractivity contribution in [2.45, 2.75) is 32.6 Å². The lowest BCUT2D eigenvalue weighted by atomic mass is 9.95. The van der Waals surface area contributed by atoms with Gasteiger partial charge in [-0.2, -0.15) is 0 Å². The highest BCUT2D eigenvalue weighted by Crippen LogP contribution is 2.21. The third-order valence-corrected chi connectivity index (χ3v) is 4.21. The van der Waals surface area contributed by atoms with E-state index < -0.39 is 0 Å². The largest absolute Gasteiger partial charge is 0.383 e. The molecule has 0 spiro atoms. The zero-order valence-corrected chi connectivity index (χ0v) is 13.7. The van der Waals surface area contributed by atoms with Gasteiger partial charge in [0.1, 0.15) is 5.82 Å². The normalized spacial score (nSPS) is 18.8. The molecule has 1 aliphatic heterocycles. The fourth-order valence-corrected chi connectivity index (χ4v) is 2.95. The van der Waals surface area contributed by atoms with Crippen molar-refractivity contribution in [3.63, 3.8) is 0 Å². The molecule has 0 aromatic carbocycles. The predicted octanol–water partition coefficient (Wildman–Crippen LogP) is 2.33. The Hall–Kier alpha value is -1.62. The second-order valence-corrected chi connectivity index (χ2v) is 5.94. The summed E-state index contributed by atoms with van der Waals surface area (Å²) in [6, 6.07) is 6.13. The molecule has 5 nitrogen and oxygen atoms in total. The Balaban J connectivity index is 1.87. The fourth-order valence-electron chi connectivity index (χ4n) is 2.95. The molecule has 1 fully saturated rings. The van der Waals surface area contributed by atoms with Crippen molar-refractivity contribution in [1.82, 2.24) is 9.88 Å². The van der Waals surface area contributed by atoms with Crippen LogP contribution in [0, 0.1) is 5.92 Å². The van der Waals surface area contributed by atoms with Gasteiger partial charge in [0.15, 0.2) is 0 Å². The molecule has 0 bridgehead atoms. The number of ether oxygens (including phenoxy) is 1. The van der Waals surface area contributed by atoms with Crippen LogP contribution in [0.25, 0.3) is 0 Å². The first-order chi connectivity index (χ1) is 10.7. The number of methoxy groups -OCH3 is 1. The quantitative estimate of drug-likeness (QED) is 0.820. The maximum atomic E-state index is 11.5. The van der Waals surface area contributed by atoms with E-state index >= 15 is 0 Å². The molecule has 1 aromatic rings. The molecule has 0 aliphatic carbocycles. The Kier molecular flexibility index (Phi) is 6.65. The van der Waals surface area contributed by atoms with Gasteiger partial charge in [-0.05, 0) is 43.7 Å². The van der Waals surface area contributed by atoms with Crippen LogP contribution in [0.3, 0.4) is 0 Å². The molecule has 1 aromatic heterocycles. The topological polar surface area (TPSA) is 54.5 Å². The minimum atomic E-state index is 0.197. The summed E-state index contributed by atoms with van der Waals surface area (Å²) in [6.07, 6.45) is 4.33. The third-order valence-electron chi connectivity index (χ3n) is 4.21. The van der Waals surface area contributed by atoms with Gasteiger partial charge in [-0.15, -0.1) is 0 Å². The molecular weight excluding hydrogens is 278 g/mol. The highest BCUT2D eigenvalue weighted by atomic mass is 16.5. The fraction of sp³-hybridized carbons (Fsp3) is 0.647. The second kappa shape index (κ2) is 8.73. The van der Waals surface area contributed by atoms with Crippen molar-refractivity contribution in [1.29, 1.82) is 0 Å². The molecule has 122 valence electrons. The summed E-state index contributed by atoms with van der Waals surface area (Å²) in [5, 5.41) is 3.27. The van der Waals surface area contributed by atoms with Crippen molar-refractivity contribution in [2.24, 2.45) is 5.92 Å². The number of likely N-dealkylation sites (tertiary alicyclic amines) is 1. The van der Waals surface area contributed by atoms with Crippen molar-refractivity contribution in [3.05, 3.63) is 23.9 Å². The number of rotatable bonds is 6. The minimum absolute atomic E-state index is 0.197. The van der Waals surface area contributed by atoms with Crippen LogP contribution in [-0.2, 0) is 16.0 Å². The van der Waals surface area contributed by atoms with E-state index in [2.05, 4.69) is 22.4 Å². The van der Waals surface area contributed by atoms with Gasteiger partial charge in [0, 0.05) is 39.4 Å². The van der Waals surface area contributed by atoms with Gasteiger partial charge in [0.05, 0.1) is 6.61 Å². The Bertz CT molecular complexity index is 479. The van der Waals surface area contributed by atoms with Crippen LogP contribution >= 0.6 is 0 Å². The lowest BCUT2D eigenvalue weighted by Crippen LogP contribution is -2.29. The summed E-state index contributed by atoms with van der Waals surface area (Å²) in [6.45, 7) is 4.89. The van der Waals surface area contributed by atoms with E-state index in [1.165, 1.54) is 6.42 Å². The summed E-state index contributed by atoms with van der Waals surface area (Å²) < 4.78 is 5.04. The van der Waals surface area contributed by atoms with Crippen LogP contribution < -0.4 is 5.32 Å². The van der Waals surface area contributed by atoms with Crippen LogP contribution in [-0.4, -0.2) is 49.1 Å². The lowest BCUT2D eigenvalue weighted by molar-refractivity contribution is -0.128. The maximum Gasteiger partial charge on any atom is 0.219 e. The Morgan fingerprint density at radius 1 is 1.41 bits per heavy atom. The average Bonchev–Trinajstić information content (AvgIpc) is 2.74. The van der Waals surface area contributed by atoms with Gasteiger partial charge in [-0.1, -0.05) is 6.07 Å². The summed E-state index contributed by atoms with van der Waals surface area (Å²) in [5.74, 6) is 1.72. The van der Waals surface area contributed by atoms with Crippen molar-refractivity contribution in [3.8, 4) is 0 Å². The Morgan fingerprint density at radius 2 is 2.27 bits per heavy atom. The number of carbonyl (C=O) groups excluding carboxylic acids is 1. The zero-order valence-electron chi connectivity index (χ0n) is 13.7. The number of pyridine rings is 1. The molecule has 22 heavy (non-hydrogen) atoms. The predicted molar refractivity (Wildman–Crippen MR) is 87.9 cm³/mol. The molecule has 1 atom stereocenters. The van der Waals surface area contributed by atoms with E-state index in [-0.39, 0.29) is 5.91 Å². The second-order valence-electron chi connectivity index (χ2n) is 5.94. The first-order valence-corrected chi connectivity index (χ1v) is 8.13. The van der Waals surface area contributed by atoms with E-state index in [0.717, 1.165) is 50.4 Å². The van der Waals surface area contributed by atoms with E-state index in [1.807, 2.05) is 11.0 Å². The van der Waals surface area contributed by atoms with Crippen LogP contribution in [0.2, 0.25) is 0 Å². The number of hydrogen-bond donors (Lipinski definition) is 1. The molecule has 1 saturated heterocycles. The molecular formula is C17H27N3O2. The van der Waals surface area contributed by atoms with Crippen LogP contribution in [0.1, 0.15) is 31.9 Å². The first kappa shape index (κ1) is 16.7. The van der Waals surface area contributed by atoms with Crippen molar-refractivity contribution >= 4 is 11.7 Å². The zero-order chi connectivity index (χ0) is 15.8. The number of nitrogens with zero attached hydrogens (tertiary/aromatic N) is 2. The van der Waals surface area contributed by atoms with Gasteiger partial charge in [0.25, 0.3) is 0 Å². The summed E-state index contributed by atoms with van der Waals surface area (Å²) in [5.41, 5.74) is 1.13. The van der Waals surface area contributed by atoms with E-state index in [9.17, 15) is 4.79 Å². The minimum Gasteiger partial charge on any atom is -0.383 e. The molecule has 5 heteroatoms. The van der Waals surface area contributed by atoms with Crippen molar-refractivity contribution < 1.29 is 9.53 Å². The average molecular weight is 305 g/mol. The molecule has 2 heterocycles. The van der Waals surface area contributed by atoms with Gasteiger partial charge in [-0.25, -0.2) is 4.98 Å². The summed E-state index contributed by atoms with van der Waals surface area (Å²) in [4.78, 5) is 18.1. The van der Waals surface area contributed by atoms with E-state index in [4.69, 9.17) is 4.74 Å². The molecule has 0 saturated carbocycles. The van der Waals surface area contributed by atoms with Gasteiger partial charge in [0.2, 0.25) is 5.91 Å². The van der Waals surface area contributed by atoms with Crippen molar-refractivity contribution in [2.75, 3.05) is 38.7 Å². The van der Waals surface area contributed by atoms with Crippen LogP contribution in [0.15, 0.2) is 18.2 Å². The number of amides is 1. The highest BCUT2D eigenvalue weighted by molar-refractivity contribution is 5.73. The van der Waals surface area contributed by atoms with Crippen LogP contribution in [0.4, 0.5) is 5.82 Å². The monoisotopic (exact) mass is 305 g/mol. The molecule has 1 amide bonds. The molecule has 2 rings (SSSR count). The van der Waals surface area contributed by atoms with Gasteiger partial charge >= 0.3 is 0 Å². The number of aromatic nitrogens is 1. The number of anilines is 1. The number of nitrogens with one attached hydrogen (secondary N) is 1. The van der Waals surface area contributed by atoms with E-state index in [0.29, 0.717) is 12.5 Å². The van der Waals surface area contributed by atoms with Gasteiger partial charge in [-0.3, -0.25) is 4.79 Å². The lowest BCUT2D eigenvalue weighted by Gasteiger charge is -2.18. The van der Waals surface area contributed by atoms with Gasteiger partial charge < -0.3 is 15.0 Å². The Labute approximate surface area is 133 Å². The SMILES string of the molecule is COCCNc1cccc(CC2CCCN(C(C)=O)CC2)n1. The standard InChI is InChI=1S/C17H27N3O2/c1-14(21)20-10-4-5-15(8-11-20)13-16-6-3-7-17(19-16)18-9-12-22-2/h3,6-7,15H,4-5,8-13H2,1-2H3,(H,18,19). The summed E-state index contributed by atoms with van der Waals surface area (Å²) in [7, 11) is 1.70. The molecule has 1 N–H and O–H groups in total. The molecule has 1 unspecified atom stereocenters. The van der Waals surface area contributed by atoms with E-state index in [1.54, 1.807) is 14.0 Å². The highest BCUT2D eigenvalue weighted by Gasteiger charge is 2.19. The van der Waals surface area contributed by atoms with Crippen LogP contribution in [0.5, 0.6) is 0 Å². The maximum absolute atomic E-state index is 11.5. The molecule has 0 radical (unpaired) electrons. The summed E-state index contributed by atoms with van der Waals surface area (Å²) >= 11 is 0. The number of carbonyl (C=O) groups is 1. The Morgan fingerprint density at radius 3 is 3.05 bits per heavy atom.